The molecule has 2 aliphatic carbocycles. The number of fused-ring (bicyclic) bond motifs is 4. The minimum atomic E-state index is -0.949. The second kappa shape index (κ2) is 15.9. The van der Waals surface area contributed by atoms with E-state index < -0.39 is 33.0 Å². The van der Waals surface area contributed by atoms with Gasteiger partial charge in [-0.25, -0.2) is 27.6 Å². The van der Waals surface area contributed by atoms with Gasteiger partial charge >= 0.3 is 0 Å². The Kier molecular flexibility index (Phi) is 11.1. The third-order valence-corrected chi connectivity index (χ3v) is 13.8. The van der Waals surface area contributed by atoms with Crippen LogP contribution in [0.2, 0.25) is 0 Å². The first-order valence-electron chi connectivity index (χ1n) is 18.2. The molecule has 0 radical (unpaired) electrons. The molecule has 8 rings (SSSR count). The largest absolute Gasteiger partial charge is 0.303 e. The van der Waals surface area contributed by atoms with Gasteiger partial charge in [0.15, 0.2) is 0 Å². The number of benzene rings is 4. The average molecular weight is 799 g/mol. The van der Waals surface area contributed by atoms with E-state index in [4.69, 9.17) is 0 Å². The van der Waals surface area contributed by atoms with Crippen LogP contribution in [0.1, 0.15) is 72.9 Å². The molecule has 4 unspecified atom stereocenters. The van der Waals surface area contributed by atoms with Gasteiger partial charge in [0.2, 0.25) is 11.8 Å². The van der Waals surface area contributed by atoms with E-state index in [1.165, 1.54) is 47.4 Å². The molecule has 0 saturated carbocycles. The molecule has 0 aromatic heterocycles. The Labute approximate surface area is 330 Å². The summed E-state index contributed by atoms with van der Waals surface area (Å²) in [5.41, 5.74) is 4.21. The number of aldehydes is 1. The van der Waals surface area contributed by atoms with Gasteiger partial charge in [0.25, 0.3) is 0 Å². The normalized spacial score (nSPS) is 23.5. The Morgan fingerprint density at radius 2 is 1.14 bits per heavy atom. The Morgan fingerprint density at radius 1 is 0.714 bits per heavy atom. The third-order valence-electron chi connectivity index (χ3n) is 10.7. The number of hydrogen-bond donors (Lipinski definition) is 0. The number of carbonyl (C=O) groups excluding carboxylic acids is 3. The molecular formula is C43H38F4N4O3S2. The number of halogens is 4. The van der Waals surface area contributed by atoms with E-state index in [1.54, 1.807) is 0 Å². The fraction of sp³-hybridized carbons (Fsp3) is 0.279. The Hall–Kier alpha value is -5.01. The van der Waals surface area contributed by atoms with E-state index in [9.17, 15) is 31.9 Å². The van der Waals surface area contributed by atoms with Crippen LogP contribution in [0.4, 0.5) is 17.6 Å². The molecule has 4 aromatic carbocycles. The van der Waals surface area contributed by atoms with E-state index in [2.05, 4.69) is 22.8 Å². The first-order valence-corrected chi connectivity index (χ1v) is 19.9. The van der Waals surface area contributed by atoms with Gasteiger partial charge in [0, 0.05) is 43.2 Å². The number of nitrogens with zero attached hydrogens (tertiary/aromatic N) is 4. The second-order valence-electron chi connectivity index (χ2n) is 14.0. The monoisotopic (exact) mass is 798 g/mol. The van der Waals surface area contributed by atoms with Crippen LogP contribution in [0.25, 0.3) is 0 Å². The van der Waals surface area contributed by atoms with Gasteiger partial charge in [-0.2, -0.15) is 10.2 Å². The topological polar surface area (TPSA) is 82.4 Å². The van der Waals surface area contributed by atoms with E-state index in [0.717, 1.165) is 84.2 Å². The summed E-state index contributed by atoms with van der Waals surface area (Å²) in [7, 11) is 0. The Morgan fingerprint density at radius 3 is 1.55 bits per heavy atom. The average Bonchev–Trinajstić information content (AvgIpc) is 3.78. The maximum atomic E-state index is 14.5. The number of thioether (sulfide) groups is 2. The summed E-state index contributed by atoms with van der Waals surface area (Å²) in [5.74, 6) is -2.96. The predicted octanol–water partition coefficient (Wildman–Crippen LogP) is 9.44. The lowest BCUT2D eigenvalue weighted by molar-refractivity contribution is -0.135. The molecule has 0 saturated heterocycles. The van der Waals surface area contributed by atoms with Crippen LogP contribution in [0.3, 0.4) is 0 Å². The smallest absolute Gasteiger partial charge is 0.241 e. The van der Waals surface area contributed by atoms with Crippen molar-refractivity contribution in [3.8, 4) is 0 Å². The highest BCUT2D eigenvalue weighted by molar-refractivity contribution is 8.15. The van der Waals surface area contributed by atoms with Crippen molar-refractivity contribution in [3.63, 3.8) is 0 Å². The van der Waals surface area contributed by atoms with Crippen molar-refractivity contribution in [2.45, 2.75) is 62.1 Å². The highest BCUT2D eigenvalue weighted by Gasteiger charge is 2.56. The molecular weight excluding hydrogens is 761 g/mol. The fourth-order valence-corrected chi connectivity index (χ4v) is 11.5. The quantitative estimate of drug-likeness (QED) is 0.110. The van der Waals surface area contributed by atoms with Gasteiger partial charge < -0.3 is 4.79 Å². The Bertz CT molecular complexity index is 2140. The zero-order chi connectivity index (χ0) is 39.8. The molecule has 2 spiro atoms. The van der Waals surface area contributed by atoms with Crippen LogP contribution in [0.15, 0.2) is 108 Å². The summed E-state index contributed by atoms with van der Waals surface area (Å²) < 4.78 is 56.5. The number of aryl methyl sites for hydroxylation is 2. The van der Waals surface area contributed by atoms with Gasteiger partial charge in [-0.15, -0.1) is 6.58 Å². The molecule has 2 amide bonds. The lowest BCUT2D eigenvalue weighted by Crippen LogP contribution is -2.48. The Balaban J connectivity index is 0.000000172. The number of hydrogen-bond acceptors (Lipinski definition) is 7. The van der Waals surface area contributed by atoms with E-state index >= 15 is 0 Å². The van der Waals surface area contributed by atoms with Crippen molar-refractivity contribution in [3.05, 3.63) is 154 Å². The van der Waals surface area contributed by atoms with Crippen LogP contribution in [0, 0.1) is 35.1 Å². The van der Waals surface area contributed by atoms with Crippen molar-refractivity contribution >= 4 is 51.7 Å². The van der Waals surface area contributed by atoms with Crippen molar-refractivity contribution in [1.82, 2.24) is 10.0 Å². The standard InChI is InChI=1S/C22H20F2N2OS.C21H18F2N2O2S/c1-3-6-16-10-9-15-7-4-5-8-19(15)22(16)26(14(2)27)25-21(28-22)18-13-17(23)11-12-20(18)24;1-13(27)25-21(28-20(24-25)17-12-16(22)8-9-19(17)23)15(10-11-26)7-6-14-4-2-3-5-18(14)21/h3-5,7-8,11-13,16H,1,6,9-10H2,2H3;2-5,8-9,11-12,15H,6-7,10H2,1H3. The van der Waals surface area contributed by atoms with Crippen molar-refractivity contribution in [2.75, 3.05) is 0 Å². The summed E-state index contributed by atoms with van der Waals surface area (Å²) >= 11 is 2.56. The van der Waals surface area contributed by atoms with Crippen LogP contribution < -0.4 is 0 Å². The number of hydrazone groups is 2. The van der Waals surface area contributed by atoms with Gasteiger partial charge in [0.05, 0.1) is 0 Å². The minimum Gasteiger partial charge on any atom is -0.303 e. The number of amides is 2. The minimum absolute atomic E-state index is 0.0148. The lowest BCUT2D eigenvalue weighted by atomic mass is 9.77. The molecule has 0 bridgehead atoms. The highest BCUT2D eigenvalue weighted by atomic mass is 32.2. The van der Waals surface area contributed by atoms with E-state index in [1.807, 2.05) is 48.5 Å². The maximum Gasteiger partial charge on any atom is 0.241 e. The molecule has 2 heterocycles. The SMILES string of the molecule is C=CCC1CCc2ccccc2C12SC(c1cc(F)ccc1F)=NN2C(C)=O.CC(=O)N1N=C(c2cc(F)ccc2F)SC12c1ccccc1CCC2CC=O. The van der Waals surface area contributed by atoms with Gasteiger partial charge in [-0.1, -0.05) is 78.1 Å². The number of allylic oxidation sites excluding steroid dienone is 1. The zero-order valence-corrected chi connectivity index (χ0v) is 32.3. The summed E-state index contributed by atoms with van der Waals surface area (Å²) in [6, 6.07) is 22.2. The van der Waals surface area contributed by atoms with Crippen LogP contribution in [0.5, 0.6) is 0 Å². The van der Waals surface area contributed by atoms with Crippen molar-refractivity contribution in [1.29, 1.82) is 0 Å². The predicted molar refractivity (Wildman–Crippen MR) is 211 cm³/mol. The van der Waals surface area contributed by atoms with Crippen LogP contribution in [-0.2, 0) is 37.0 Å². The zero-order valence-electron chi connectivity index (χ0n) is 30.7. The molecule has 2 aliphatic heterocycles. The first-order chi connectivity index (χ1) is 26.9. The van der Waals surface area contributed by atoms with Gasteiger partial charge in [0.1, 0.15) is 49.4 Å². The van der Waals surface area contributed by atoms with Crippen LogP contribution in [-0.4, -0.2) is 38.2 Å². The molecule has 4 aromatic rings. The van der Waals surface area contributed by atoms with Crippen molar-refractivity contribution < 1.29 is 31.9 Å². The van der Waals surface area contributed by atoms with Gasteiger partial charge in [-0.05, 0) is 90.8 Å². The molecule has 0 fully saturated rings. The highest BCUT2D eigenvalue weighted by Crippen LogP contribution is 2.59. The third kappa shape index (κ3) is 6.78. The van der Waals surface area contributed by atoms with E-state index in [0.29, 0.717) is 17.9 Å². The molecule has 56 heavy (non-hydrogen) atoms. The summed E-state index contributed by atoms with van der Waals surface area (Å²) in [6.45, 7) is 6.73. The van der Waals surface area contributed by atoms with Crippen molar-refractivity contribution in [2.24, 2.45) is 22.0 Å². The van der Waals surface area contributed by atoms with Crippen LogP contribution >= 0.6 is 23.5 Å². The number of carbonyl (C=O) groups is 3. The molecule has 4 aliphatic rings. The first kappa shape index (κ1) is 39.2. The maximum absolute atomic E-state index is 14.5. The summed E-state index contributed by atoms with van der Waals surface area (Å²) in [5, 5.41) is 12.3. The molecule has 288 valence electrons. The molecule has 7 nitrogen and oxygen atoms in total. The summed E-state index contributed by atoms with van der Waals surface area (Å²) in [6.07, 6.45) is 6.87. The van der Waals surface area contributed by atoms with Gasteiger partial charge in [-0.3, -0.25) is 9.59 Å². The lowest BCUT2D eigenvalue weighted by Gasteiger charge is -2.45. The van der Waals surface area contributed by atoms with E-state index in [-0.39, 0.29) is 46.2 Å². The second-order valence-corrected chi connectivity index (χ2v) is 16.5. The summed E-state index contributed by atoms with van der Waals surface area (Å²) in [4.78, 5) is 34.8. The molecule has 0 N–H and O–H groups in total. The fourth-order valence-electron chi connectivity index (χ4n) is 8.29. The molecule has 4 atom stereocenters. The molecule has 13 heteroatoms. The number of rotatable bonds is 6.